The summed E-state index contributed by atoms with van der Waals surface area (Å²) in [5, 5.41) is 2.89. The molecule has 0 spiro atoms. The van der Waals surface area contributed by atoms with Crippen LogP contribution in [0.5, 0.6) is 5.88 Å². The summed E-state index contributed by atoms with van der Waals surface area (Å²) in [6.45, 7) is 4.96. The van der Waals surface area contributed by atoms with Crippen LogP contribution in [0.2, 0.25) is 0 Å². The second-order valence-corrected chi connectivity index (χ2v) is 5.42. The molecule has 130 valence electrons. The molecule has 1 atom stereocenters. The van der Waals surface area contributed by atoms with Crippen molar-refractivity contribution in [3.8, 4) is 5.88 Å². The number of amides is 1. The Balaban J connectivity index is 0.00000288. The highest BCUT2D eigenvalue weighted by Gasteiger charge is 2.07. The Morgan fingerprint density at radius 2 is 1.96 bits per heavy atom. The normalized spacial score (nSPS) is 11.3. The molecule has 0 aliphatic carbocycles. The summed E-state index contributed by atoms with van der Waals surface area (Å²) in [6.07, 6.45) is 2.73. The van der Waals surface area contributed by atoms with Crippen LogP contribution in [0.1, 0.15) is 41.8 Å². The average Bonchev–Trinajstić information content (AvgIpc) is 2.60. The lowest BCUT2D eigenvalue weighted by Crippen LogP contribution is -2.23. The molecule has 0 radical (unpaired) electrons. The molecule has 1 aromatic heterocycles. The highest BCUT2D eigenvalue weighted by atomic mass is 35.5. The van der Waals surface area contributed by atoms with Gasteiger partial charge in [0, 0.05) is 30.9 Å². The van der Waals surface area contributed by atoms with Crippen molar-refractivity contribution in [3.63, 3.8) is 0 Å². The van der Waals surface area contributed by atoms with Crippen LogP contribution in [0, 0.1) is 0 Å². The van der Waals surface area contributed by atoms with E-state index in [4.69, 9.17) is 10.5 Å². The van der Waals surface area contributed by atoms with E-state index in [0.29, 0.717) is 24.5 Å². The number of aromatic nitrogens is 1. The Morgan fingerprint density at radius 3 is 2.58 bits per heavy atom. The average molecular weight is 350 g/mol. The van der Waals surface area contributed by atoms with Crippen LogP contribution in [0.15, 0.2) is 42.6 Å². The predicted octanol–water partition coefficient (Wildman–Crippen LogP) is 3.07. The number of hydrogen-bond acceptors (Lipinski definition) is 4. The van der Waals surface area contributed by atoms with Crippen LogP contribution < -0.4 is 15.8 Å². The Labute approximate surface area is 149 Å². The van der Waals surface area contributed by atoms with Crippen molar-refractivity contribution < 1.29 is 9.53 Å². The first-order valence-corrected chi connectivity index (χ1v) is 7.81. The van der Waals surface area contributed by atoms with E-state index in [9.17, 15) is 4.79 Å². The lowest BCUT2D eigenvalue weighted by molar-refractivity contribution is 0.0950. The lowest BCUT2D eigenvalue weighted by atomic mass is 10.1. The number of nitrogens with zero attached hydrogens (tertiary/aromatic N) is 1. The standard InChI is InChI=1S/C18H23N3O2.ClH/c1-3-13(2)23-17-10-15(8-9-20-17)12-21-18(22)16-6-4-14(11-19)5-7-16;/h4-10,13H,3,11-12,19H2,1-2H3,(H,21,22);1H. The number of benzene rings is 1. The molecular weight excluding hydrogens is 326 g/mol. The van der Waals surface area contributed by atoms with Crippen molar-refractivity contribution in [1.29, 1.82) is 0 Å². The molecule has 0 saturated carbocycles. The molecule has 5 nitrogen and oxygen atoms in total. The summed E-state index contributed by atoms with van der Waals surface area (Å²) < 4.78 is 5.69. The van der Waals surface area contributed by atoms with E-state index >= 15 is 0 Å². The van der Waals surface area contributed by atoms with Gasteiger partial charge in [-0.25, -0.2) is 4.98 Å². The highest BCUT2D eigenvalue weighted by Crippen LogP contribution is 2.12. The maximum Gasteiger partial charge on any atom is 0.251 e. The summed E-state index contributed by atoms with van der Waals surface area (Å²) in [6, 6.07) is 11.0. The van der Waals surface area contributed by atoms with Crippen LogP contribution in [-0.4, -0.2) is 17.0 Å². The minimum atomic E-state index is -0.116. The zero-order valence-corrected chi connectivity index (χ0v) is 14.8. The van der Waals surface area contributed by atoms with Gasteiger partial charge in [0.2, 0.25) is 5.88 Å². The van der Waals surface area contributed by atoms with Crippen molar-refractivity contribution in [1.82, 2.24) is 10.3 Å². The quantitative estimate of drug-likeness (QED) is 0.805. The smallest absolute Gasteiger partial charge is 0.251 e. The number of carbonyl (C=O) groups is 1. The first-order chi connectivity index (χ1) is 11.1. The Kier molecular flexibility index (Phi) is 8.22. The SMILES string of the molecule is CCC(C)Oc1cc(CNC(=O)c2ccc(CN)cc2)ccn1.Cl. The van der Waals surface area contributed by atoms with Crippen molar-refractivity contribution in [3.05, 3.63) is 59.3 Å². The van der Waals surface area contributed by atoms with Gasteiger partial charge in [-0.05, 0) is 42.7 Å². The fourth-order valence-electron chi connectivity index (χ4n) is 1.99. The Bertz CT molecular complexity index is 647. The second kappa shape index (κ2) is 9.90. The number of pyridine rings is 1. The van der Waals surface area contributed by atoms with Crippen LogP contribution in [0.4, 0.5) is 0 Å². The summed E-state index contributed by atoms with van der Waals surface area (Å²) in [4.78, 5) is 16.3. The van der Waals surface area contributed by atoms with Crippen LogP contribution >= 0.6 is 12.4 Å². The van der Waals surface area contributed by atoms with Crippen LogP contribution in [0.3, 0.4) is 0 Å². The van der Waals surface area contributed by atoms with Crippen molar-refractivity contribution in [2.45, 2.75) is 39.5 Å². The summed E-state index contributed by atoms with van der Waals surface area (Å²) in [7, 11) is 0. The lowest BCUT2D eigenvalue weighted by Gasteiger charge is -2.12. The number of halogens is 1. The third kappa shape index (κ3) is 5.83. The first kappa shape index (κ1) is 19.9. The molecule has 1 heterocycles. The van der Waals surface area contributed by atoms with Gasteiger partial charge in [0.05, 0.1) is 6.10 Å². The van der Waals surface area contributed by atoms with Gasteiger partial charge in [-0.1, -0.05) is 19.1 Å². The largest absolute Gasteiger partial charge is 0.475 e. The fraction of sp³-hybridized carbons (Fsp3) is 0.333. The van der Waals surface area contributed by atoms with Gasteiger partial charge in [0.1, 0.15) is 0 Å². The molecule has 1 unspecified atom stereocenters. The number of ether oxygens (including phenoxy) is 1. The van der Waals surface area contributed by atoms with Crippen molar-refractivity contribution >= 4 is 18.3 Å². The predicted molar refractivity (Wildman–Crippen MR) is 97.4 cm³/mol. The molecule has 2 rings (SSSR count). The zero-order valence-electron chi connectivity index (χ0n) is 14.0. The summed E-state index contributed by atoms with van der Waals surface area (Å²) >= 11 is 0. The van der Waals surface area contributed by atoms with Gasteiger partial charge >= 0.3 is 0 Å². The molecule has 0 fully saturated rings. The van der Waals surface area contributed by atoms with E-state index in [1.54, 1.807) is 18.3 Å². The Hall–Kier alpha value is -2.11. The third-order valence-electron chi connectivity index (χ3n) is 3.60. The molecule has 2 aromatic rings. The highest BCUT2D eigenvalue weighted by molar-refractivity contribution is 5.94. The summed E-state index contributed by atoms with van der Waals surface area (Å²) in [5.74, 6) is 0.466. The molecule has 0 bridgehead atoms. The topological polar surface area (TPSA) is 77.2 Å². The van der Waals surface area contributed by atoms with Crippen LogP contribution in [0.25, 0.3) is 0 Å². The molecule has 0 aliphatic heterocycles. The van der Waals surface area contributed by atoms with E-state index in [2.05, 4.69) is 17.2 Å². The minimum Gasteiger partial charge on any atom is -0.475 e. The number of nitrogens with one attached hydrogen (secondary N) is 1. The zero-order chi connectivity index (χ0) is 16.7. The van der Waals surface area contributed by atoms with Gasteiger partial charge in [0.25, 0.3) is 5.91 Å². The molecule has 24 heavy (non-hydrogen) atoms. The third-order valence-corrected chi connectivity index (χ3v) is 3.60. The summed E-state index contributed by atoms with van der Waals surface area (Å²) in [5.41, 5.74) is 8.12. The van der Waals surface area contributed by atoms with E-state index in [-0.39, 0.29) is 24.4 Å². The number of nitrogens with two attached hydrogens (primary N) is 1. The van der Waals surface area contributed by atoms with Gasteiger partial charge < -0.3 is 15.8 Å². The molecule has 0 aliphatic rings. The fourth-order valence-corrected chi connectivity index (χ4v) is 1.99. The van der Waals surface area contributed by atoms with Gasteiger partial charge in [-0.2, -0.15) is 0 Å². The molecule has 0 saturated heterocycles. The maximum atomic E-state index is 12.1. The molecule has 3 N–H and O–H groups in total. The Morgan fingerprint density at radius 1 is 1.25 bits per heavy atom. The van der Waals surface area contributed by atoms with E-state index < -0.39 is 0 Å². The molecule has 1 aromatic carbocycles. The monoisotopic (exact) mass is 349 g/mol. The number of carbonyl (C=O) groups excluding carboxylic acids is 1. The minimum absolute atomic E-state index is 0. The maximum absolute atomic E-state index is 12.1. The molecule has 6 heteroatoms. The first-order valence-electron chi connectivity index (χ1n) is 7.81. The van der Waals surface area contributed by atoms with Gasteiger partial charge in [-0.3, -0.25) is 4.79 Å². The second-order valence-electron chi connectivity index (χ2n) is 5.42. The number of rotatable bonds is 7. The van der Waals surface area contributed by atoms with E-state index in [1.807, 2.05) is 31.2 Å². The van der Waals surface area contributed by atoms with Gasteiger partial charge in [0.15, 0.2) is 0 Å². The number of hydrogen-bond donors (Lipinski definition) is 2. The molecular formula is C18H24ClN3O2. The van der Waals surface area contributed by atoms with E-state index in [1.165, 1.54) is 0 Å². The molecule has 1 amide bonds. The van der Waals surface area contributed by atoms with Crippen LogP contribution in [-0.2, 0) is 13.1 Å². The van der Waals surface area contributed by atoms with Crippen molar-refractivity contribution in [2.75, 3.05) is 0 Å². The van der Waals surface area contributed by atoms with Crippen molar-refractivity contribution in [2.24, 2.45) is 5.73 Å². The van der Waals surface area contributed by atoms with Gasteiger partial charge in [-0.15, -0.1) is 12.4 Å². The van der Waals surface area contributed by atoms with E-state index in [0.717, 1.165) is 17.5 Å².